The number of unbranched alkanes of at least 4 members (excludes halogenated alkanes) is 1. The number of aliphatic hydroxyl groups is 1. The van der Waals surface area contributed by atoms with Gasteiger partial charge in [0.25, 0.3) is 10.1 Å². The normalized spacial score (nSPS) is 8.45. The molecular formula is C96H222N7O25S3+. The van der Waals surface area contributed by atoms with Crippen LogP contribution in [0.15, 0.2) is 107 Å². The highest BCUT2D eigenvalue weighted by Crippen LogP contribution is 2.06. The van der Waals surface area contributed by atoms with E-state index in [4.69, 9.17) is 20.3 Å². The van der Waals surface area contributed by atoms with Crippen molar-refractivity contribution in [3.8, 4) is 0 Å². The Hall–Kier alpha value is -6.91. The van der Waals surface area contributed by atoms with Gasteiger partial charge in [-0.15, -0.1) is 0 Å². The number of hydrogen-bond acceptors (Lipinski definition) is 28. The van der Waals surface area contributed by atoms with Gasteiger partial charge in [0.05, 0.1) is 117 Å². The number of aliphatic imine (C=N–C) groups is 1. The monoisotopic (exact) mass is 1970 g/mol. The first-order valence-electron chi connectivity index (χ1n) is 37.4. The molecule has 0 heterocycles. The van der Waals surface area contributed by atoms with Crippen molar-refractivity contribution in [3.63, 3.8) is 0 Å². The third-order valence-corrected chi connectivity index (χ3v) is 10.6. The number of rotatable bonds is 12. The largest absolute Gasteiger partial charge is 0.633 e. The molecule has 0 atom stereocenters. The molecular weight excluding hydrogens is 1750 g/mol. The topological polar surface area (TPSA) is 414 Å². The van der Waals surface area contributed by atoms with Crippen LogP contribution in [-0.2, 0) is 90.6 Å². The van der Waals surface area contributed by atoms with Gasteiger partial charge in [-0.2, -0.15) is 16.8 Å². The van der Waals surface area contributed by atoms with Crippen LogP contribution in [0, 0.1) is 11.1 Å². The van der Waals surface area contributed by atoms with Gasteiger partial charge in [-0.05, 0) is 163 Å². The maximum absolute atomic E-state index is 10.8. The lowest BCUT2D eigenvalue weighted by atomic mass is 10.1. The summed E-state index contributed by atoms with van der Waals surface area (Å²) >= 11 is 0. The summed E-state index contributed by atoms with van der Waals surface area (Å²) in [4.78, 5) is 78.6. The third-order valence-electron chi connectivity index (χ3n) is 8.45. The molecule has 32 nitrogen and oxygen atoms in total. The summed E-state index contributed by atoms with van der Waals surface area (Å²) in [7, 11) is 31.2. The number of ketones is 3. The van der Waals surface area contributed by atoms with Gasteiger partial charge in [-0.3, -0.25) is 36.7 Å². The molecule has 35 heteroatoms. The Labute approximate surface area is 814 Å². The fraction of sp³-hybridized carbons (Fsp3) is 0.708. The highest BCUT2D eigenvalue weighted by atomic mass is 32.3. The number of methoxy groups -OCH3 is 7. The first kappa shape index (κ1) is 208. The molecule has 0 fully saturated rings. The van der Waals surface area contributed by atoms with Gasteiger partial charge in [0.1, 0.15) is 5.78 Å². The predicted octanol–water partition coefficient (Wildman–Crippen LogP) is 21.5. The molecule has 0 saturated heterocycles. The number of carbonyl (C=O) groups excluding carboxylic acids is 7. The molecule has 0 radical (unpaired) electrons. The number of nitrogens with two attached hydrogens (primary N) is 1. The van der Waals surface area contributed by atoms with Crippen molar-refractivity contribution in [3.05, 3.63) is 124 Å². The predicted molar refractivity (Wildman–Crippen MR) is 574 cm³/mol. The van der Waals surface area contributed by atoms with Crippen molar-refractivity contribution >= 4 is 77.6 Å². The minimum atomic E-state index is -3.66. The molecule has 0 aromatic heterocycles. The van der Waals surface area contributed by atoms with Crippen molar-refractivity contribution in [2.75, 3.05) is 203 Å². The van der Waals surface area contributed by atoms with Crippen LogP contribution < -0.4 is 10.5 Å². The van der Waals surface area contributed by atoms with Crippen LogP contribution in [0.2, 0.25) is 0 Å². The van der Waals surface area contributed by atoms with Gasteiger partial charge < -0.3 is 72.9 Å². The average molecular weight is 1970 g/mol. The summed E-state index contributed by atoms with van der Waals surface area (Å²) in [6.45, 7) is 43.3. The van der Waals surface area contributed by atoms with E-state index in [-0.39, 0.29) is 133 Å². The summed E-state index contributed by atoms with van der Waals surface area (Å²) in [6.07, 6.45) is 4.82. The lowest BCUT2D eigenvalue weighted by molar-refractivity contribution is -0.849. The van der Waals surface area contributed by atoms with Crippen molar-refractivity contribution in [2.45, 2.75) is 265 Å². The molecule has 131 heavy (non-hydrogen) atoms. The number of nitrogens with zero attached hydrogens (tertiary/aromatic N) is 5. The number of hydroxylamine groups is 3. The second-order valence-corrected chi connectivity index (χ2v) is 34.2. The smallest absolute Gasteiger partial charge is 0.507 e. The summed E-state index contributed by atoms with van der Waals surface area (Å²) < 4.78 is 104. The molecule has 808 valence electrons. The van der Waals surface area contributed by atoms with E-state index in [2.05, 4.69) is 136 Å². The number of nitrogens with one attached hydrogen (secondary N) is 1. The molecule has 1 amide bonds. The number of sulfonamides is 1. The molecule has 0 aliphatic rings. The number of quaternary nitrogens is 2. The van der Waals surface area contributed by atoms with E-state index in [1.165, 1.54) is 106 Å². The average Bonchev–Trinajstić information content (AvgIpc) is 0.886. The minimum Gasteiger partial charge on any atom is -0.633 e. The van der Waals surface area contributed by atoms with Crippen molar-refractivity contribution in [1.82, 2.24) is 14.5 Å². The quantitative estimate of drug-likeness (QED) is 0.0174. The Morgan fingerprint density at radius 1 is 0.481 bits per heavy atom. The van der Waals surface area contributed by atoms with E-state index in [9.17, 15) is 64.0 Å². The van der Waals surface area contributed by atoms with E-state index in [1.807, 2.05) is 103 Å². The first-order valence-corrected chi connectivity index (χ1v) is 42.4. The number of hydrogen-bond donors (Lipinski definition) is 3. The van der Waals surface area contributed by atoms with Crippen LogP contribution in [-0.4, -0.2) is 311 Å². The molecule has 0 bridgehead atoms. The molecule has 3 aromatic rings. The number of esters is 2. The van der Waals surface area contributed by atoms with Gasteiger partial charge in [-0.25, -0.2) is 22.7 Å². The van der Waals surface area contributed by atoms with Gasteiger partial charge in [0, 0.05) is 105 Å². The van der Waals surface area contributed by atoms with E-state index >= 15 is 0 Å². The Morgan fingerprint density at radius 2 is 0.672 bits per heavy atom. The van der Waals surface area contributed by atoms with Crippen LogP contribution in [0.5, 0.6) is 0 Å². The molecule has 3 aromatic carbocycles. The Kier molecular flexibility index (Phi) is 232. The number of amides is 1. The number of ether oxygens (including phenoxy) is 7. The number of allylic oxidation sites excluding steroid dienone is 2. The molecule has 0 saturated carbocycles. The van der Waals surface area contributed by atoms with Crippen LogP contribution in [0.4, 0.5) is 4.79 Å². The van der Waals surface area contributed by atoms with Gasteiger partial charge in [-0.1, -0.05) is 213 Å². The standard InChI is InChI=1S/C10H10O2.C8H8O2.C6H6.C6H12.C5H12O.C4H9NO.C4H12N.C4H9N.C4H11N.C4H10O.C4H10.C3H9NO.C3H9N.C3H6O3.C3H6O2.C3H8O.C3H6O.C2H7NO2S.C2H6O4S.C2H6O3S.C2H6O.11CH4/c1-7(11)9-3-5-10(6-4-9)8(2)12;1-10-8(9)7-5-3-2-4-6-7;1-2-4-6-5-3-1;1-5(2)6(3)4;1-3-4-5-6-2;1-4(6)5(2)3;1-5(2,3)4;1-4(2)5-3;1-4(2,3)5;1-3-4-5-2;1-4(2)3;1-4(2,3)5;1-4(2)3;1-5-3(4)6-2;1-3(4)5-2;2*1-3(2)4;1-3-6(2,4)5;1-5-7(3,4)6-2;1-5-6(2,3)4;1-3-2;;;;;;;;;;;/h3-6H,1-2H3;2-6H,1H3;1-6H;1-4H3;3-5H2,1-2H3;1-3H3;1-4H3;1-3H3;5H2,1-3H3;3-4H2,1-2H3;4H,1-3H3;1-3H3;1-3H3;1-2H3;1-2H3;3-4H,1-2H3;1-2H3;3H,1-2H3;1-2H3;1-2H3;1-2H3;11*1H4/q;;;;;;+1;;;;;;;;;;;;;;;;;;;;;;;;;. The third kappa shape index (κ3) is 439. The molecule has 4 N–H and O–H groups in total. The second kappa shape index (κ2) is 146. The van der Waals surface area contributed by atoms with Gasteiger partial charge >= 0.3 is 28.5 Å². The van der Waals surface area contributed by atoms with Crippen LogP contribution >= 0.6 is 0 Å². The highest BCUT2D eigenvalue weighted by Gasteiger charge is 2.03. The van der Waals surface area contributed by atoms with Crippen LogP contribution in [0.1, 0.15) is 284 Å². The number of carbonyl (C=O) groups is 7. The zero-order chi connectivity index (χ0) is 100. The zero-order valence-electron chi connectivity index (χ0n) is 84.1. The fourth-order valence-electron chi connectivity index (χ4n) is 2.66. The molecule has 0 spiro atoms. The SMILES string of the molecule is C.C.C.C.C.C.C.C.C.C.C.CC(=O)N(C)C.CC(=O)c1ccc(C(C)=O)cc1.CC(C)(C)N.CC(C)=C(C)C.CC(C)=O.CC(C)C.CC(C)O.CCCCOC.CCCOC.CN(C)C.CN=C(C)C.CNS(C)(=O)=O.COC.COC(=O)OC.COC(=O)c1ccccc1.COC(C)=O.COS(=O)(=O)OC.COS(C)(=O)=O.C[N+](C)(C)C.C[N+](C)(C)[O-].c1ccccc1. The molecule has 0 aliphatic heterocycles. The van der Waals surface area contributed by atoms with E-state index in [0.29, 0.717) is 16.7 Å². The van der Waals surface area contributed by atoms with Crippen LogP contribution in [0.25, 0.3) is 0 Å². The van der Waals surface area contributed by atoms with E-state index < -0.39 is 36.7 Å². The summed E-state index contributed by atoms with van der Waals surface area (Å²) in [5.41, 5.74) is 11.2. The zero-order valence-corrected chi connectivity index (χ0v) is 86.6. The van der Waals surface area contributed by atoms with E-state index in [0.717, 1.165) is 69.6 Å². The lowest BCUT2D eigenvalue weighted by Crippen LogP contribution is -2.27. The second-order valence-electron chi connectivity index (χ2n) is 29.0. The maximum Gasteiger partial charge on any atom is 0.507 e. The molecule has 0 unspecified atom stereocenters. The summed E-state index contributed by atoms with van der Waals surface area (Å²) in [5.74, 6) is 0.593. The van der Waals surface area contributed by atoms with Crippen molar-refractivity contribution in [2.24, 2.45) is 16.6 Å². The Balaban J connectivity index is -0.0000000310. The Bertz CT molecular complexity index is 2900. The molecule has 0 aliphatic carbocycles. The molecule has 3 rings (SSSR count). The first-order chi connectivity index (χ1) is 54.0. The van der Waals surface area contributed by atoms with E-state index in [1.54, 1.807) is 133 Å². The van der Waals surface area contributed by atoms with Crippen LogP contribution in [0.3, 0.4) is 0 Å². The van der Waals surface area contributed by atoms with Gasteiger partial charge in [0.15, 0.2) is 11.6 Å². The highest BCUT2D eigenvalue weighted by molar-refractivity contribution is 7.88. The summed E-state index contributed by atoms with van der Waals surface area (Å²) in [5, 5.41) is 18.1. The Morgan fingerprint density at radius 3 is 0.740 bits per heavy atom. The minimum absolute atomic E-state index is 0. The number of benzene rings is 3. The van der Waals surface area contributed by atoms with Crippen molar-refractivity contribution < 1.29 is 119 Å². The summed E-state index contributed by atoms with van der Waals surface area (Å²) in [6, 6.07) is 27.5. The number of aliphatic hydroxyl groups excluding tert-OH is 1. The van der Waals surface area contributed by atoms with Gasteiger partial charge in [0.2, 0.25) is 15.9 Å². The lowest BCUT2D eigenvalue weighted by Gasteiger charge is -2.27. The van der Waals surface area contributed by atoms with Crippen molar-refractivity contribution in [1.29, 1.82) is 0 Å². The number of Topliss-reactive ketones (excluding diaryl/α,β-unsaturated/α-hetero) is 3. The fourth-order valence-corrected chi connectivity index (χ4v) is 2.80. The maximum atomic E-state index is 10.8.